The summed E-state index contributed by atoms with van der Waals surface area (Å²) in [5, 5.41) is 16.8. The van der Waals surface area contributed by atoms with Crippen molar-refractivity contribution in [3.05, 3.63) is 121 Å². The topological polar surface area (TPSA) is 98.5 Å². The maximum absolute atomic E-state index is 13.6. The molecule has 1 aliphatic carbocycles. The number of thiophene rings is 1. The molecule has 0 amide bonds. The zero-order valence-corrected chi connectivity index (χ0v) is 21.1. The zero-order valence-electron chi connectivity index (χ0n) is 20.3. The number of nitrogens with zero attached hydrogens (tertiary/aromatic N) is 1. The predicted octanol–water partition coefficient (Wildman–Crippen LogP) is 5.80. The number of ether oxygens (including phenoxy) is 1. The molecule has 3 aromatic rings. The summed E-state index contributed by atoms with van der Waals surface area (Å²) in [7, 11) is 0. The van der Waals surface area contributed by atoms with E-state index < -0.39 is 16.8 Å². The van der Waals surface area contributed by atoms with Crippen LogP contribution in [0.3, 0.4) is 0 Å². The SMILES string of the molecule is CC1=C(C(=O)OCCc2ccccc2)[C@H](c2cccc([N+](=O)[O-])c2)C2=C(C[C@@H](c3cccs3)CC2=O)N1. The van der Waals surface area contributed by atoms with E-state index in [4.69, 9.17) is 4.74 Å². The van der Waals surface area contributed by atoms with Crippen molar-refractivity contribution in [1.29, 1.82) is 0 Å². The number of carbonyl (C=O) groups is 2. The quantitative estimate of drug-likeness (QED) is 0.243. The second-order valence-electron chi connectivity index (χ2n) is 9.26. The number of non-ortho nitro benzene ring substituents is 1. The lowest BCUT2D eigenvalue weighted by atomic mass is 9.72. The zero-order chi connectivity index (χ0) is 25.9. The van der Waals surface area contributed by atoms with Crippen molar-refractivity contribution in [2.24, 2.45) is 0 Å². The minimum atomic E-state index is -0.739. The molecule has 5 rings (SSSR count). The summed E-state index contributed by atoms with van der Waals surface area (Å²) in [5.41, 5.74) is 3.66. The minimum absolute atomic E-state index is 0.0525. The molecular weight excluding hydrogens is 488 g/mol. The Morgan fingerprint density at radius 2 is 1.92 bits per heavy atom. The van der Waals surface area contributed by atoms with Crippen LogP contribution in [0, 0.1) is 10.1 Å². The van der Waals surface area contributed by atoms with Gasteiger partial charge in [-0.25, -0.2) is 4.79 Å². The summed E-state index contributed by atoms with van der Waals surface area (Å²) < 4.78 is 5.68. The van der Waals surface area contributed by atoms with Crippen LogP contribution in [-0.4, -0.2) is 23.3 Å². The second kappa shape index (κ2) is 10.5. The predicted molar refractivity (Wildman–Crippen MR) is 141 cm³/mol. The standard InChI is InChI=1S/C29H26N2O5S/c1-18-26(29(33)36-13-12-19-7-3-2-4-8-19)27(20-9-5-10-22(15-20)31(34)35)28-23(30-18)16-21(17-24(28)32)25-11-6-14-37-25/h2-11,14-15,21,27,30H,12-13,16-17H2,1H3/t21-,27+/m1/s1. The third-order valence-electron chi connectivity index (χ3n) is 6.87. The third-order valence-corrected chi connectivity index (χ3v) is 7.91. The van der Waals surface area contributed by atoms with E-state index in [1.54, 1.807) is 30.4 Å². The van der Waals surface area contributed by atoms with Gasteiger partial charge in [-0.15, -0.1) is 11.3 Å². The normalized spacial score (nSPS) is 19.3. The molecule has 1 aliphatic heterocycles. The van der Waals surface area contributed by atoms with E-state index >= 15 is 0 Å². The van der Waals surface area contributed by atoms with Gasteiger partial charge in [0.1, 0.15) is 0 Å². The van der Waals surface area contributed by atoms with Crippen LogP contribution in [0.4, 0.5) is 5.69 Å². The molecule has 1 N–H and O–H groups in total. The molecule has 2 aromatic carbocycles. The Morgan fingerprint density at radius 1 is 1.11 bits per heavy atom. The summed E-state index contributed by atoms with van der Waals surface area (Å²) in [6.07, 6.45) is 1.51. The average Bonchev–Trinajstić information content (AvgIpc) is 3.43. The number of esters is 1. The van der Waals surface area contributed by atoms with Crippen molar-refractivity contribution in [3.63, 3.8) is 0 Å². The van der Waals surface area contributed by atoms with E-state index in [0.29, 0.717) is 41.7 Å². The molecule has 0 unspecified atom stereocenters. The monoisotopic (exact) mass is 514 g/mol. The lowest BCUT2D eigenvalue weighted by Crippen LogP contribution is -2.36. The molecule has 2 atom stereocenters. The number of carbonyl (C=O) groups excluding carboxylic acids is 2. The molecule has 2 heterocycles. The van der Waals surface area contributed by atoms with E-state index in [-0.39, 0.29) is 24.0 Å². The van der Waals surface area contributed by atoms with Crippen LogP contribution in [0.2, 0.25) is 0 Å². The van der Waals surface area contributed by atoms with Gasteiger partial charge in [0.05, 0.1) is 17.1 Å². The van der Waals surface area contributed by atoms with Gasteiger partial charge >= 0.3 is 5.97 Å². The minimum Gasteiger partial charge on any atom is -0.462 e. The molecule has 188 valence electrons. The molecule has 37 heavy (non-hydrogen) atoms. The smallest absolute Gasteiger partial charge is 0.336 e. The van der Waals surface area contributed by atoms with Crippen molar-refractivity contribution in [2.75, 3.05) is 6.61 Å². The van der Waals surface area contributed by atoms with E-state index in [2.05, 4.69) is 5.32 Å². The van der Waals surface area contributed by atoms with Crippen molar-refractivity contribution < 1.29 is 19.2 Å². The molecule has 0 fully saturated rings. The van der Waals surface area contributed by atoms with Gasteiger partial charge in [0.2, 0.25) is 0 Å². The first kappa shape index (κ1) is 24.6. The molecule has 0 spiro atoms. The average molecular weight is 515 g/mol. The van der Waals surface area contributed by atoms with Gasteiger partial charge in [0.25, 0.3) is 5.69 Å². The molecule has 0 radical (unpaired) electrons. The number of dihydropyridines is 1. The van der Waals surface area contributed by atoms with Crippen molar-refractivity contribution >= 4 is 28.8 Å². The van der Waals surface area contributed by atoms with Crippen molar-refractivity contribution in [1.82, 2.24) is 5.32 Å². The fourth-order valence-electron chi connectivity index (χ4n) is 5.17. The second-order valence-corrected chi connectivity index (χ2v) is 10.2. The number of hydrogen-bond acceptors (Lipinski definition) is 7. The molecular formula is C29H26N2O5S. The molecule has 2 aliphatic rings. The Bertz CT molecular complexity index is 1410. The van der Waals surface area contributed by atoms with Crippen LogP contribution < -0.4 is 5.32 Å². The molecule has 1 aromatic heterocycles. The van der Waals surface area contributed by atoms with Gasteiger partial charge < -0.3 is 10.1 Å². The van der Waals surface area contributed by atoms with E-state index in [1.165, 1.54) is 12.1 Å². The van der Waals surface area contributed by atoms with Crippen molar-refractivity contribution in [2.45, 2.75) is 38.0 Å². The van der Waals surface area contributed by atoms with Crippen LogP contribution in [0.1, 0.15) is 47.6 Å². The Hall–Kier alpha value is -4.04. The lowest BCUT2D eigenvalue weighted by Gasteiger charge is -2.36. The number of allylic oxidation sites excluding steroid dienone is 3. The number of nitro benzene ring substituents is 1. The highest BCUT2D eigenvalue weighted by molar-refractivity contribution is 7.10. The Kier molecular flexibility index (Phi) is 7.01. The number of hydrogen-bond donors (Lipinski definition) is 1. The van der Waals surface area contributed by atoms with Gasteiger partial charge in [-0.2, -0.15) is 0 Å². The number of ketones is 1. The summed E-state index contributed by atoms with van der Waals surface area (Å²) in [6, 6.07) is 19.9. The van der Waals surface area contributed by atoms with Gasteiger partial charge in [-0.05, 0) is 35.9 Å². The number of Topliss-reactive ketones (excluding diaryl/α,β-unsaturated/α-hetero) is 1. The first-order valence-electron chi connectivity index (χ1n) is 12.1. The van der Waals surface area contributed by atoms with Gasteiger partial charge in [-0.3, -0.25) is 14.9 Å². The Morgan fingerprint density at radius 3 is 2.65 bits per heavy atom. The van der Waals surface area contributed by atoms with E-state index in [9.17, 15) is 19.7 Å². The highest BCUT2D eigenvalue weighted by atomic mass is 32.1. The lowest BCUT2D eigenvalue weighted by molar-refractivity contribution is -0.384. The first-order valence-corrected chi connectivity index (χ1v) is 13.0. The van der Waals surface area contributed by atoms with Gasteiger partial charge in [0.15, 0.2) is 5.78 Å². The molecule has 0 saturated carbocycles. The van der Waals surface area contributed by atoms with Crippen LogP contribution in [0.15, 0.2) is 94.7 Å². The molecule has 0 bridgehead atoms. The number of nitrogens with one attached hydrogen (secondary N) is 1. The first-order chi connectivity index (χ1) is 17.9. The summed E-state index contributed by atoms with van der Waals surface area (Å²) in [5.74, 6) is -1.28. The van der Waals surface area contributed by atoms with Gasteiger partial charge in [0, 0.05) is 58.7 Å². The van der Waals surface area contributed by atoms with Gasteiger partial charge in [-0.1, -0.05) is 48.5 Å². The number of nitro groups is 1. The van der Waals surface area contributed by atoms with Crippen LogP contribution >= 0.6 is 11.3 Å². The van der Waals surface area contributed by atoms with E-state index in [0.717, 1.165) is 16.1 Å². The largest absolute Gasteiger partial charge is 0.462 e. The molecule has 7 nitrogen and oxygen atoms in total. The summed E-state index contributed by atoms with van der Waals surface area (Å²) in [6.45, 7) is 1.97. The Balaban J connectivity index is 1.50. The summed E-state index contributed by atoms with van der Waals surface area (Å²) in [4.78, 5) is 39.3. The maximum atomic E-state index is 13.6. The molecule has 0 saturated heterocycles. The van der Waals surface area contributed by atoms with Crippen LogP contribution in [-0.2, 0) is 20.7 Å². The maximum Gasteiger partial charge on any atom is 0.336 e. The fourth-order valence-corrected chi connectivity index (χ4v) is 6.00. The summed E-state index contributed by atoms with van der Waals surface area (Å²) >= 11 is 1.62. The third kappa shape index (κ3) is 5.11. The van der Waals surface area contributed by atoms with Crippen LogP contribution in [0.25, 0.3) is 0 Å². The highest BCUT2D eigenvalue weighted by Gasteiger charge is 2.42. The van der Waals surface area contributed by atoms with Crippen LogP contribution in [0.5, 0.6) is 0 Å². The van der Waals surface area contributed by atoms with Crippen molar-refractivity contribution in [3.8, 4) is 0 Å². The molecule has 8 heteroatoms. The highest BCUT2D eigenvalue weighted by Crippen LogP contribution is 2.46. The number of rotatable bonds is 7. The fraction of sp³-hybridized carbons (Fsp3) is 0.241. The number of benzene rings is 2. The van der Waals surface area contributed by atoms with E-state index in [1.807, 2.05) is 47.8 Å². The Labute approximate surface area is 218 Å².